The summed E-state index contributed by atoms with van der Waals surface area (Å²) < 4.78 is 10.8. The molecule has 21 heavy (non-hydrogen) atoms. The van der Waals surface area contributed by atoms with Crippen LogP contribution in [0.5, 0.6) is 5.75 Å². The number of nitrogen functional groups attached to an aromatic ring is 1. The topological polar surface area (TPSA) is 82.3 Å². The number of nitrogens with two attached hydrogens (primary N) is 1. The first kappa shape index (κ1) is 13.8. The van der Waals surface area contributed by atoms with Crippen molar-refractivity contribution in [2.24, 2.45) is 5.84 Å². The molecule has 1 aromatic carbocycles. The third-order valence-corrected chi connectivity index (χ3v) is 3.55. The third kappa shape index (κ3) is 2.81. The van der Waals surface area contributed by atoms with Crippen molar-refractivity contribution in [1.82, 2.24) is 9.97 Å². The first-order chi connectivity index (χ1) is 10.3. The van der Waals surface area contributed by atoms with Gasteiger partial charge in [0.05, 0.1) is 26.0 Å². The number of hydrogen-bond donors (Lipinski definition) is 2. The Morgan fingerprint density at radius 1 is 1.33 bits per heavy atom. The molecule has 0 saturated carbocycles. The maximum Gasteiger partial charge on any atom is 0.149 e. The molecule has 3 rings (SSSR count). The van der Waals surface area contributed by atoms with Gasteiger partial charge in [0, 0.05) is 24.0 Å². The first-order valence-corrected chi connectivity index (χ1v) is 6.86. The van der Waals surface area contributed by atoms with E-state index in [4.69, 9.17) is 15.3 Å². The van der Waals surface area contributed by atoms with Crippen LogP contribution in [0.4, 0.5) is 5.82 Å². The average molecular weight is 286 g/mol. The van der Waals surface area contributed by atoms with Crippen molar-refractivity contribution in [1.29, 1.82) is 0 Å². The fourth-order valence-electron chi connectivity index (χ4n) is 2.50. The minimum Gasteiger partial charge on any atom is -0.496 e. The minimum atomic E-state index is 0.504. The largest absolute Gasteiger partial charge is 0.496 e. The van der Waals surface area contributed by atoms with Gasteiger partial charge >= 0.3 is 0 Å². The molecule has 2 aromatic rings. The highest BCUT2D eigenvalue weighted by Gasteiger charge is 2.18. The molecular weight excluding hydrogens is 268 g/mol. The molecule has 0 unspecified atom stereocenters. The zero-order valence-electron chi connectivity index (χ0n) is 11.9. The van der Waals surface area contributed by atoms with E-state index >= 15 is 0 Å². The van der Waals surface area contributed by atoms with Crippen molar-refractivity contribution in [3.63, 3.8) is 0 Å². The maximum absolute atomic E-state index is 5.57. The second-order valence-corrected chi connectivity index (χ2v) is 4.85. The van der Waals surface area contributed by atoms with Crippen LogP contribution < -0.4 is 16.0 Å². The maximum atomic E-state index is 5.57. The molecule has 1 aromatic heterocycles. The second-order valence-electron chi connectivity index (χ2n) is 4.85. The highest BCUT2D eigenvalue weighted by atomic mass is 16.5. The van der Waals surface area contributed by atoms with Crippen molar-refractivity contribution in [3.8, 4) is 5.75 Å². The highest BCUT2D eigenvalue weighted by molar-refractivity contribution is 5.47. The van der Waals surface area contributed by atoms with Crippen LogP contribution in [0.2, 0.25) is 0 Å². The summed E-state index contributed by atoms with van der Waals surface area (Å²) in [6.07, 6.45) is 1.39. The van der Waals surface area contributed by atoms with Gasteiger partial charge in [-0.2, -0.15) is 0 Å². The smallest absolute Gasteiger partial charge is 0.149 e. The normalized spacial score (nSPS) is 13.6. The van der Waals surface area contributed by atoms with Gasteiger partial charge in [-0.05, 0) is 6.07 Å². The van der Waals surface area contributed by atoms with Crippen LogP contribution in [0.1, 0.15) is 22.6 Å². The van der Waals surface area contributed by atoms with Crippen molar-refractivity contribution < 1.29 is 9.47 Å². The molecule has 0 atom stereocenters. The Morgan fingerprint density at radius 3 is 3.00 bits per heavy atom. The molecule has 0 radical (unpaired) electrons. The Hall–Kier alpha value is -2.18. The Bertz CT molecular complexity index is 628. The second kappa shape index (κ2) is 6.07. The average Bonchev–Trinajstić information content (AvgIpc) is 2.54. The van der Waals surface area contributed by atoms with Crippen molar-refractivity contribution in [3.05, 3.63) is 46.9 Å². The lowest BCUT2D eigenvalue weighted by atomic mass is 10.1. The lowest BCUT2D eigenvalue weighted by Crippen LogP contribution is -2.20. The number of benzene rings is 1. The lowest BCUT2D eigenvalue weighted by Gasteiger charge is -2.19. The Morgan fingerprint density at radius 2 is 2.19 bits per heavy atom. The fourth-order valence-corrected chi connectivity index (χ4v) is 2.50. The monoisotopic (exact) mass is 286 g/mol. The summed E-state index contributed by atoms with van der Waals surface area (Å²) in [6, 6.07) is 7.87. The van der Waals surface area contributed by atoms with Crippen molar-refractivity contribution >= 4 is 5.82 Å². The summed E-state index contributed by atoms with van der Waals surface area (Å²) in [5.41, 5.74) is 5.66. The standard InChI is InChI=1S/C15H18N4O2/c1-20-13-5-3-2-4-10(13)8-14-17-12-6-7-21-9-11(12)15(18-14)19-16/h2-5H,6-9,16H2,1H3,(H,17,18,19). The van der Waals surface area contributed by atoms with Crippen LogP contribution >= 0.6 is 0 Å². The van der Waals surface area contributed by atoms with E-state index in [2.05, 4.69) is 15.4 Å². The number of rotatable bonds is 4. The van der Waals surface area contributed by atoms with Gasteiger partial charge in [0.25, 0.3) is 0 Å². The number of hydrogen-bond acceptors (Lipinski definition) is 6. The Labute approximate surface area is 123 Å². The molecule has 6 nitrogen and oxygen atoms in total. The summed E-state index contributed by atoms with van der Waals surface area (Å²) in [6.45, 7) is 1.19. The highest BCUT2D eigenvalue weighted by Crippen LogP contribution is 2.24. The third-order valence-electron chi connectivity index (χ3n) is 3.55. The number of methoxy groups -OCH3 is 1. The molecule has 3 N–H and O–H groups in total. The predicted molar refractivity (Wildman–Crippen MR) is 79.0 cm³/mol. The molecule has 0 spiro atoms. The molecular formula is C15H18N4O2. The number of ether oxygens (including phenoxy) is 2. The molecule has 0 bridgehead atoms. The van der Waals surface area contributed by atoms with Crippen LogP contribution in [0.3, 0.4) is 0 Å². The lowest BCUT2D eigenvalue weighted by molar-refractivity contribution is 0.109. The van der Waals surface area contributed by atoms with E-state index in [9.17, 15) is 0 Å². The van der Waals surface area contributed by atoms with E-state index in [0.717, 1.165) is 34.8 Å². The van der Waals surface area contributed by atoms with E-state index in [1.807, 2.05) is 24.3 Å². The zero-order chi connectivity index (χ0) is 14.7. The SMILES string of the molecule is COc1ccccc1Cc1nc2c(c(NN)n1)COCC2. The fraction of sp³-hybridized carbons (Fsp3) is 0.333. The summed E-state index contributed by atoms with van der Waals surface area (Å²) in [5.74, 6) is 7.78. The van der Waals surface area contributed by atoms with Gasteiger partial charge in [-0.3, -0.25) is 0 Å². The summed E-state index contributed by atoms with van der Waals surface area (Å²) >= 11 is 0. The van der Waals surface area contributed by atoms with E-state index in [1.165, 1.54) is 0 Å². The van der Waals surface area contributed by atoms with Crippen molar-refractivity contribution in [2.75, 3.05) is 19.1 Å². The van der Waals surface area contributed by atoms with Gasteiger partial charge in [0.1, 0.15) is 17.4 Å². The van der Waals surface area contributed by atoms with E-state index in [-0.39, 0.29) is 0 Å². The van der Waals surface area contributed by atoms with E-state index in [0.29, 0.717) is 25.5 Å². The van der Waals surface area contributed by atoms with Gasteiger partial charge in [-0.15, -0.1) is 0 Å². The van der Waals surface area contributed by atoms with E-state index < -0.39 is 0 Å². The quantitative estimate of drug-likeness (QED) is 0.653. The van der Waals surface area contributed by atoms with Gasteiger partial charge < -0.3 is 14.9 Å². The van der Waals surface area contributed by atoms with Gasteiger partial charge in [0.2, 0.25) is 0 Å². The molecule has 0 saturated heterocycles. The van der Waals surface area contributed by atoms with Gasteiger partial charge in [0.15, 0.2) is 0 Å². The molecule has 0 amide bonds. The minimum absolute atomic E-state index is 0.504. The predicted octanol–water partition coefficient (Wildman–Crippen LogP) is 1.43. The summed E-state index contributed by atoms with van der Waals surface area (Å²) in [5, 5.41) is 0. The number of nitrogens with one attached hydrogen (secondary N) is 1. The van der Waals surface area contributed by atoms with Crippen LogP contribution in [-0.4, -0.2) is 23.7 Å². The molecule has 110 valence electrons. The number of hydrazine groups is 1. The van der Waals surface area contributed by atoms with Gasteiger partial charge in [-0.25, -0.2) is 15.8 Å². The summed E-state index contributed by atoms with van der Waals surface area (Å²) in [4.78, 5) is 9.14. The van der Waals surface area contributed by atoms with Crippen LogP contribution in [0, 0.1) is 0 Å². The number of para-hydroxylation sites is 1. The number of aromatic nitrogens is 2. The Kier molecular flexibility index (Phi) is 3.98. The molecule has 6 heteroatoms. The molecule has 1 aliphatic heterocycles. The van der Waals surface area contributed by atoms with Crippen LogP contribution in [0.15, 0.2) is 24.3 Å². The zero-order valence-corrected chi connectivity index (χ0v) is 11.9. The number of fused-ring (bicyclic) bond motifs is 1. The van der Waals surface area contributed by atoms with E-state index in [1.54, 1.807) is 7.11 Å². The molecule has 0 aliphatic carbocycles. The van der Waals surface area contributed by atoms with Crippen LogP contribution in [-0.2, 0) is 24.2 Å². The molecule has 1 aliphatic rings. The molecule has 0 fully saturated rings. The first-order valence-electron chi connectivity index (χ1n) is 6.86. The summed E-state index contributed by atoms with van der Waals surface area (Å²) in [7, 11) is 1.66. The van der Waals surface area contributed by atoms with Gasteiger partial charge in [-0.1, -0.05) is 18.2 Å². The number of nitrogens with zero attached hydrogens (tertiary/aromatic N) is 2. The van der Waals surface area contributed by atoms with Crippen molar-refractivity contribution in [2.45, 2.75) is 19.4 Å². The molecule has 2 heterocycles. The Balaban J connectivity index is 1.95. The van der Waals surface area contributed by atoms with Crippen LogP contribution in [0.25, 0.3) is 0 Å². The number of anilines is 1.